The van der Waals surface area contributed by atoms with Gasteiger partial charge in [-0.05, 0) is 32.1 Å². The molecule has 0 aliphatic rings. The van der Waals surface area contributed by atoms with E-state index in [0.29, 0.717) is 0 Å². The molecule has 0 saturated carbocycles. The van der Waals surface area contributed by atoms with Crippen LogP contribution in [0.5, 0.6) is 0 Å². The van der Waals surface area contributed by atoms with Crippen LogP contribution in [0.3, 0.4) is 0 Å². The molecule has 270 valence electrons. The maximum absolute atomic E-state index is 12.8. The van der Waals surface area contributed by atoms with E-state index in [2.05, 4.69) is 20.6 Å². The highest BCUT2D eigenvalue weighted by Crippen LogP contribution is 2.06. The smallest absolute Gasteiger partial charge is 0.326 e. The molecule has 0 aromatic carbocycles. The molecule has 0 unspecified atom stereocenters. The molecule has 0 fully saturated rings. The largest absolute Gasteiger partial charge is 0.481 e. The van der Waals surface area contributed by atoms with Gasteiger partial charge < -0.3 is 70.4 Å². The first-order valence-electron chi connectivity index (χ1n) is 14.3. The molecule has 0 aromatic heterocycles. The van der Waals surface area contributed by atoms with E-state index in [-0.39, 0.29) is 57.1 Å². The third kappa shape index (κ3) is 18.9. The van der Waals surface area contributed by atoms with Crippen molar-refractivity contribution in [1.82, 2.24) is 21.3 Å². The van der Waals surface area contributed by atoms with Gasteiger partial charge in [0.05, 0.1) is 18.9 Å². The number of hydrogen-bond acceptors (Lipinski definition) is 11. The van der Waals surface area contributed by atoms with Gasteiger partial charge in [-0.3, -0.25) is 38.8 Å². The molecular formula is C25H43N11O12. The van der Waals surface area contributed by atoms with Crippen molar-refractivity contribution >= 4 is 59.4 Å². The number of hydrogen-bond donors (Lipinski definition) is 13. The van der Waals surface area contributed by atoms with Crippen LogP contribution in [0, 0.1) is 0 Å². The van der Waals surface area contributed by atoms with Gasteiger partial charge in [-0.15, -0.1) is 0 Å². The standard InChI is InChI=1S/C25H43N11O12/c26-11(19(42)34-13(4-2-8-32-25(29)30)21(44)36-15(23(47)48)10-18(40)41)5-6-16(37)33-12(3-1-7-31-24(27)28)20(43)35-14(22(45)46)9-17(38)39/h11-15H,1-10,26H2,(H,33,37)(H,34,42)(H,35,43)(H,36,44)(H,38,39)(H,40,41)(H,45,46)(H,47,48)(H4,27,28,31)(H4,29,30,32)/t11-,12-,13-,14-,15-/m0/s1. The minimum atomic E-state index is -1.82. The van der Waals surface area contributed by atoms with E-state index in [9.17, 15) is 48.6 Å². The number of nitrogens with zero attached hydrogens (tertiary/aromatic N) is 2. The highest BCUT2D eigenvalue weighted by Gasteiger charge is 2.30. The lowest BCUT2D eigenvalue weighted by Crippen LogP contribution is -2.55. The molecule has 48 heavy (non-hydrogen) atoms. The average Bonchev–Trinajstić information content (AvgIpc) is 2.97. The lowest BCUT2D eigenvalue weighted by atomic mass is 10.1. The van der Waals surface area contributed by atoms with Crippen molar-refractivity contribution in [1.29, 1.82) is 0 Å². The second-order valence-electron chi connectivity index (χ2n) is 10.2. The van der Waals surface area contributed by atoms with Crippen molar-refractivity contribution in [2.24, 2.45) is 38.7 Å². The maximum Gasteiger partial charge on any atom is 0.326 e. The lowest BCUT2D eigenvalue weighted by molar-refractivity contribution is -0.147. The van der Waals surface area contributed by atoms with Crippen LogP contribution in [0.2, 0.25) is 0 Å². The molecule has 5 atom stereocenters. The molecule has 0 spiro atoms. The summed E-state index contributed by atoms with van der Waals surface area (Å²) in [7, 11) is 0. The first kappa shape index (κ1) is 42.3. The van der Waals surface area contributed by atoms with Crippen LogP contribution in [-0.2, 0) is 38.4 Å². The highest BCUT2D eigenvalue weighted by atomic mass is 16.4. The average molecular weight is 690 g/mol. The van der Waals surface area contributed by atoms with Crippen molar-refractivity contribution in [3.05, 3.63) is 0 Å². The number of guanidine groups is 2. The number of carbonyl (C=O) groups excluding carboxylic acids is 4. The summed E-state index contributed by atoms with van der Waals surface area (Å²) >= 11 is 0. The summed E-state index contributed by atoms with van der Waals surface area (Å²) in [4.78, 5) is 103. The molecule has 0 aliphatic carbocycles. The van der Waals surface area contributed by atoms with Crippen LogP contribution in [0.1, 0.15) is 51.4 Å². The Kier molecular flexibility index (Phi) is 19.3. The number of nitrogens with one attached hydrogen (secondary N) is 4. The minimum Gasteiger partial charge on any atom is -0.481 e. The maximum atomic E-state index is 12.8. The van der Waals surface area contributed by atoms with Gasteiger partial charge in [-0.1, -0.05) is 0 Å². The first-order valence-corrected chi connectivity index (χ1v) is 14.3. The van der Waals surface area contributed by atoms with Gasteiger partial charge in [0, 0.05) is 19.5 Å². The van der Waals surface area contributed by atoms with E-state index in [1.54, 1.807) is 0 Å². The molecule has 0 heterocycles. The number of amides is 4. The summed E-state index contributed by atoms with van der Waals surface area (Å²) in [5.74, 6) is -10.6. The van der Waals surface area contributed by atoms with E-state index in [0.717, 1.165) is 0 Å². The van der Waals surface area contributed by atoms with Gasteiger partial charge in [-0.25, -0.2) is 9.59 Å². The number of nitrogens with two attached hydrogens (primary N) is 5. The van der Waals surface area contributed by atoms with E-state index < -0.39 is 97.0 Å². The molecule has 23 nitrogen and oxygen atoms in total. The molecular weight excluding hydrogens is 646 g/mol. The van der Waals surface area contributed by atoms with E-state index in [1.807, 2.05) is 10.6 Å². The zero-order valence-electron chi connectivity index (χ0n) is 25.8. The normalized spacial score (nSPS) is 13.6. The third-order valence-corrected chi connectivity index (χ3v) is 6.18. The Morgan fingerprint density at radius 3 is 1.27 bits per heavy atom. The van der Waals surface area contributed by atoms with Crippen molar-refractivity contribution < 1.29 is 58.8 Å². The monoisotopic (exact) mass is 689 g/mol. The van der Waals surface area contributed by atoms with Crippen molar-refractivity contribution in [3.8, 4) is 0 Å². The Morgan fingerprint density at radius 2 is 0.917 bits per heavy atom. The molecule has 0 aromatic rings. The fraction of sp³-hybridized carbons (Fsp3) is 0.600. The Balaban J connectivity index is 5.56. The summed E-state index contributed by atoms with van der Waals surface area (Å²) in [6, 6.07) is -7.81. The Morgan fingerprint density at radius 1 is 0.542 bits per heavy atom. The van der Waals surface area contributed by atoms with Crippen molar-refractivity contribution in [3.63, 3.8) is 0 Å². The SMILES string of the molecule is NC(N)=NCCC[C@H](NC(=O)CC[C@H](N)C(=O)N[C@@H](CCCN=C(N)N)C(=O)N[C@@H](CC(=O)O)C(=O)O)C(=O)N[C@@H](CC(=O)O)C(=O)O. The minimum absolute atomic E-state index is 0.0237. The summed E-state index contributed by atoms with van der Waals surface area (Å²) < 4.78 is 0. The predicted octanol–water partition coefficient (Wildman–Crippen LogP) is -5.74. The van der Waals surface area contributed by atoms with E-state index >= 15 is 0 Å². The van der Waals surface area contributed by atoms with E-state index in [4.69, 9.17) is 38.9 Å². The molecule has 18 N–H and O–H groups in total. The van der Waals surface area contributed by atoms with Gasteiger partial charge >= 0.3 is 23.9 Å². The molecule has 0 saturated heterocycles. The van der Waals surface area contributed by atoms with Gasteiger partial charge in [0.25, 0.3) is 0 Å². The second-order valence-corrected chi connectivity index (χ2v) is 10.2. The number of aliphatic carboxylic acids is 4. The second kappa shape index (κ2) is 21.9. The number of carboxylic acid groups (broad SMARTS) is 4. The van der Waals surface area contributed by atoms with Crippen molar-refractivity contribution in [2.45, 2.75) is 81.6 Å². The third-order valence-electron chi connectivity index (χ3n) is 6.18. The Hall–Kier alpha value is -5.74. The molecule has 0 aliphatic heterocycles. The van der Waals surface area contributed by atoms with Crippen LogP contribution in [-0.4, -0.2) is 123 Å². The quantitative estimate of drug-likeness (QED) is 0.0255. The van der Waals surface area contributed by atoms with Crippen LogP contribution >= 0.6 is 0 Å². The Bertz CT molecular complexity index is 1240. The zero-order valence-corrected chi connectivity index (χ0v) is 25.8. The lowest BCUT2D eigenvalue weighted by Gasteiger charge is -2.23. The van der Waals surface area contributed by atoms with Gasteiger partial charge in [0.15, 0.2) is 11.9 Å². The first-order chi connectivity index (χ1) is 22.3. The fourth-order valence-corrected chi connectivity index (χ4v) is 3.80. The van der Waals surface area contributed by atoms with Gasteiger partial charge in [0.2, 0.25) is 23.6 Å². The highest BCUT2D eigenvalue weighted by molar-refractivity contribution is 5.94. The van der Waals surface area contributed by atoms with E-state index in [1.165, 1.54) is 0 Å². The van der Waals surface area contributed by atoms with Crippen LogP contribution in [0.15, 0.2) is 9.98 Å². The summed E-state index contributed by atoms with van der Waals surface area (Å²) in [5.41, 5.74) is 26.9. The number of carbonyl (C=O) groups is 8. The molecule has 0 rings (SSSR count). The number of rotatable bonds is 24. The van der Waals surface area contributed by atoms with Crippen LogP contribution < -0.4 is 49.9 Å². The topological polar surface area (TPSA) is 420 Å². The summed E-state index contributed by atoms with van der Waals surface area (Å²) in [6.07, 6.45) is -2.66. The summed E-state index contributed by atoms with van der Waals surface area (Å²) in [5, 5.41) is 45.1. The predicted molar refractivity (Wildman–Crippen MR) is 165 cm³/mol. The molecule has 4 amide bonds. The van der Waals surface area contributed by atoms with Crippen LogP contribution in [0.25, 0.3) is 0 Å². The molecule has 23 heteroatoms. The van der Waals surface area contributed by atoms with Crippen LogP contribution in [0.4, 0.5) is 0 Å². The van der Waals surface area contributed by atoms with Crippen molar-refractivity contribution in [2.75, 3.05) is 13.1 Å². The molecule has 0 radical (unpaired) electrons. The number of carboxylic acids is 4. The summed E-state index contributed by atoms with van der Waals surface area (Å²) in [6.45, 7) is 0.0602. The number of aliphatic imine (C=N–C) groups is 2. The molecule has 0 bridgehead atoms. The zero-order chi connectivity index (χ0) is 37.0. The van der Waals surface area contributed by atoms with Gasteiger partial charge in [0.1, 0.15) is 24.2 Å². The fourth-order valence-electron chi connectivity index (χ4n) is 3.80. The Labute approximate surface area is 273 Å². The van der Waals surface area contributed by atoms with Gasteiger partial charge in [-0.2, -0.15) is 0 Å².